The van der Waals surface area contributed by atoms with Gasteiger partial charge in [0, 0.05) is 11.6 Å². The van der Waals surface area contributed by atoms with Gasteiger partial charge < -0.3 is 10.7 Å². The Labute approximate surface area is 117 Å². The Bertz CT molecular complexity index is 454. The van der Waals surface area contributed by atoms with E-state index in [1.54, 1.807) is 0 Å². The summed E-state index contributed by atoms with van der Waals surface area (Å²) in [6.07, 6.45) is 1.79. The molecule has 0 heterocycles. The maximum absolute atomic E-state index is 13.5. The van der Waals surface area contributed by atoms with Gasteiger partial charge in [0.25, 0.3) is 5.91 Å². The van der Waals surface area contributed by atoms with Gasteiger partial charge in [-0.2, -0.15) is 0 Å². The maximum atomic E-state index is 13.5. The highest BCUT2D eigenvalue weighted by Gasteiger charge is 2.16. The smallest absolute Gasteiger partial charge is 0.251 e. The minimum absolute atomic E-state index is 0.0525. The monoisotopic (exact) mass is 285 g/mol. The summed E-state index contributed by atoms with van der Waals surface area (Å²) in [6, 6.07) is 1.87. The number of hydrazine groups is 1. The molecule has 0 fully saturated rings. The van der Waals surface area contributed by atoms with Crippen molar-refractivity contribution in [1.82, 2.24) is 5.32 Å². The molecule has 0 aliphatic rings. The van der Waals surface area contributed by atoms with Crippen molar-refractivity contribution < 1.29 is 13.6 Å². The molecule has 0 aromatic heterocycles. The lowest BCUT2D eigenvalue weighted by Crippen LogP contribution is -2.33. The second-order valence-corrected chi connectivity index (χ2v) is 5.30. The van der Waals surface area contributed by atoms with Crippen LogP contribution in [0.1, 0.15) is 44.0 Å². The van der Waals surface area contributed by atoms with Gasteiger partial charge in [-0.15, -0.1) is 0 Å². The predicted octanol–water partition coefficient (Wildman–Crippen LogP) is 2.80. The molecule has 1 amide bonds. The molecule has 20 heavy (non-hydrogen) atoms. The second-order valence-electron chi connectivity index (χ2n) is 5.30. The third-order valence-corrected chi connectivity index (χ3v) is 3.00. The maximum Gasteiger partial charge on any atom is 0.251 e. The highest BCUT2D eigenvalue weighted by molar-refractivity contribution is 5.94. The molecule has 4 N–H and O–H groups in total. The number of benzene rings is 1. The van der Waals surface area contributed by atoms with Crippen molar-refractivity contribution in [2.75, 3.05) is 5.43 Å². The molecule has 1 aromatic carbocycles. The Kier molecular flexibility index (Phi) is 5.88. The number of halogens is 2. The van der Waals surface area contributed by atoms with Crippen molar-refractivity contribution >= 4 is 11.6 Å². The van der Waals surface area contributed by atoms with E-state index in [1.807, 2.05) is 12.3 Å². The van der Waals surface area contributed by atoms with Gasteiger partial charge in [0.15, 0.2) is 11.6 Å². The summed E-state index contributed by atoms with van der Waals surface area (Å²) in [4.78, 5) is 11.9. The molecule has 0 bridgehead atoms. The fourth-order valence-electron chi connectivity index (χ4n) is 1.80. The zero-order valence-corrected chi connectivity index (χ0v) is 12.0. The van der Waals surface area contributed by atoms with Crippen molar-refractivity contribution in [3.05, 3.63) is 29.3 Å². The van der Waals surface area contributed by atoms with Gasteiger partial charge in [0.05, 0.1) is 0 Å². The number of rotatable bonds is 6. The highest BCUT2D eigenvalue weighted by atomic mass is 19.1. The normalized spacial score (nSPS) is 12.3. The molecule has 1 aromatic rings. The number of hydrogen-bond acceptors (Lipinski definition) is 3. The van der Waals surface area contributed by atoms with Gasteiger partial charge >= 0.3 is 0 Å². The molecule has 0 spiro atoms. The quantitative estimate of drug-likeness (QED) is 0.556. The van der Waals surface area contributed by atoms with Gasteiger partial charge in [-0.05, 0) is 37.8 Å². The van der Waals surface area contributed by atoms with E-state index < -0.39 is 23.2 Å². The van der Waals surface area contributed by atoms with Gasteiger partial charge in [-0.1, -0.05) is 13.8 Å². The van der Waals surface area contributed by atoms with Gasteiger partial charge in [0.2, 0.25) is 0 Å². The first-order valence-electron chi connectivity index (χ1n) is 6.61. The fraction of sp³-hybridized carbons (Fsp3) is 0.500. The number of amides is 1. The third-order valence-electron chi connectivity index (χ3n) is 3.00. The average molecular weight is 285 g/mol. The predicted molar refractivity (Wildman–Crippen MR) is 75.2 cm³/mol. The minimum Gasteiger partial charge on any atom is -0.350 e. The van der Waals surface area contributed by atoms with E-state index >= 15 is 0 Å². The first-order chi connectivity index (χ1) is 9.35. The van der Waals surface area contributed by atoms with Crippen LogP contribution in [0.3, 0.4) is 0 Å². The molecule has 4 nitrogen and oxygen atoms in total. The molecule has 0 radical (unpaired) electrons. The largest absolute Gasteiger partial charge is 0.350 e. The number of anilines is 1. The zero-order valence-electron chi connectivity index (χ0n) is 12.0. The lowest BCUT2D eigenvalue weighted by atomic mass is 10.0. The number of carbonyl (C=O) groups excluding carboxylic acids is 1. The van der Waals surface area contributed by atoms with Gasteiger partial charge in [0.1, 0.15) is 5.69 Å². The van der Waals surface area contributed by atoms with Crippen LogP contribution in [-0.4, -0.2) is 11.9 Å². The van der Waals surface area contributed by atoms with Crippen molar-refractivity contribution in [2.45, 2.75) is 39.7 Å². The Morgan fingerprint density at radius 1 is 1.20 bits per heavy atom. The summed E-state index contributed by atoms with van der Waals surface area (Å²) in [5, 5.41) is 2.72. The summed E-state index contributed by atoms with van der Waals surface area (Å²) in [5.41, 5.74) is 1.41. The number of nitrogens with two attached hydrogens (primary N) is 1. The van der Waals surface area contributed by atoms with E-state index in [1.165, 1.54) is 0 Å². The standard InChI is InChI=1S/C14H21F2N3O/c1-8(2)4-5-9(3)18-14(20)10-6-11(15)13(19-17)12(16)7-10/h6-9,19H,4-5,17H2,1-3H3,(H,18,20). The van der Waals surface area contributed by atoms with Crippen molar-refractivity contribution in [3.8, 4) is 0 Å². The lowest BCUT2D eigenvalue weighted by Gasteiger charge is -2.15. The van der Waals surface area contributed by atoms with Crippen molar-refractivity contribution in [2.24, 2.45) is 11.8 Å². The van der Waals surface area contributed by atoms with Crippen LogP contribution in [0.2, 0.25) is 0 Å². The molecule has 1 atom stereocenters. The van der Waals surface area contributed by atoms with Crippen LogP contribution >= 0.6 is 0 Å². The second kappa shape index (κ2) is 7.19. The van der Waals surface area contributed by atoms with Crippen LogP contribution in [0.15, 0.2) is 12.1 Å². The number of hydrogen-bond donors (Lipinski definition) is 3. The molecule has 1 unspecified atom stereocenters. The van der Waals surface area contributed by atoms with Crippen LogP contribution in [0, 0.1) is 17.6 Å². The lowest BCUT2D eigenvalue weighted by molar-refractivity contribution is 0.0936. The molecule has 0 saturated heterocycles. The summed E-state index contributed by atoms with van der Waals surface area (Å²) >= 11 is 0. The van der Waals surface area contributed by atoms with E-state index in [0.29, 0.717) is 5.92 Å². The number of nitrogens with one attached hydrogen (secondary N) is 2. The van der Waals surface area contributed by atoms with E-state index in [9.17, 15) is 13.6 Å². The average Bonchev–Trinajstić information content (AvgIpc) is 2.35. The summed E-state index contributed by atoms with van der Waals surface area (Å²) in [7, 11) is 0. The van der Waals surface area contributed by atoms with Crippen LogP contribution in [0.4, 0.5) is 14.5 Å². The molecule has 1 rings (SSSR count). The van der Waals surface area contributed by atoms with Crippen LogP contribution in [0.5, 0.6) is 0 Å². The molecule has 6 heteroatoms. The number of carbonyl (C=O) groups is 1. The van der Waals surface area contributed by atoms with E-state index in [4.69, 9.17) is 5.84 Å². The Morgan fingerprint density at radius 2 is 1.75 bits per heavy atom. The third kappa shape index (κ3) is 4.45. The topological polar surface area (TPSA) is 67.2 Å². The summed E-state index contributed by atoms with van der Waals surface area (Å²) in [5.74, 6) is 3.25. The Hall–Kier alpha value is -1.69. The first-order valence-corrected chi connectivity index (χ1v) is 6.61. The molecule has 0 aliphatic carbocycles. The fourth-order valence-corrected chi connectivity index (χ4v) is 1.80. The van der Waals surface area contributed by atoms with Crippen LogP contribution in [0.25, 0.3) is 0 Å². The first kappa shape index (κ1) is 16.4. The van der Waals surface area contributed by atoms with Crippen LogP contribution < -0.4 is 16.6 Å². The minimum atomic E-state index is -0.896. The Morgan fingerprint density at radius 3 is 2.20 bits per heavy atom. The SMILES string of the molecule is CC(C)CCC(C)NC(=O)c1cc(F)c(NN)c(F)c1. The van der Waals surface area contributed by atoms with E-state index in [2.05, 4.69) is 19.2 Å². The van der Waals surface area contributed by atoms with E-state index in [0.717, 1.165) is 25.0 Å². The van der Waals surface area contributed by atoms with Crippen LogP contribution in [-0.2, 0) is 0 Å². The highest BCUT2D eigenvalue weighted by Crippen LogP contribution is 2.19. The zero-order chi connectivity index (χ0) is 15.3. The van der Waals surface area contributed by atoms with Crippen molar-refractivity contribution in [1.29, 1.82) is 0 Å². The van der Waals surface area contributed by atoms with Gasteiger partial charge in [-0.3, -0.25) is 10.6 Å². The van der Waals surface area contributed by atoms with Gasteiger partial charge in [-0.25, -0.2) is 8.78 Å². The van der Waals surface area contributed by atoms with Crippen molar-refractivity contribution in [3.63, 3.8) is 0 Å². The van der Waals surface area contributed by atoms with E-state index in [-0.39, 0.29) is 11.6 Å². The molecule has 0 aliphatic heterocycles. The number of nitrogen functional groups attached to an aromatic ring is 1. The molecular weight excluding hydrogens is 264 g/mol. The Balaban J connectivity index is 2.73. The molecule has 112 valence electrons. The molecule has 0 saturated carbocycles. The molecular formula is C14H21F2N3O. The summed E-state index contributed by atoms with van der Waals surface area (Å²) in [6.45, 7) is 6.05. The summed E-state index contributed by atoms with van der Waals surface area (Å²) < 4.78 is 27.0.